The highest BCUT2D eigenvalue weighted by atomic mass is 32.2. The van der Waals surface area contributed by atoms with Crippen molar-refractivity contribution in [2.24, 2.45) is 5.73 Å². The number of carbonyl (C=O) groups is 1. The molecule has 1 amide bonds. The number of rotatable bonds is 5. The van der Waals surface area contributed by atoms with Crippen molar-refractivity contribution < 1.29 is 17.9 Å². The van der Waals surface area contributed by atoms with Crippen LogP contribution < -0.4 is 15.8 Å². The molecule has 1 atom stereocenters. The number of anilines is 1. The van der Waals surface area contributed by atoms with E-state index in [2.05, 4.69) is 5.32 Å². The quantitative estimate of drug-likeness (QED) is 0.843. The van der Waals surface area contributed by atoms with Crippen molar-refractivity contribution in [3.8, 4) is 5.75 Å². The molecular weight excluding hydrogens is 292 g/mol. The molecule has 1 aliphatic heterocycles. The summed E-state index contributed by atoms with van der Waals surface area (Å²) >= 11 is 0. The molecule has 0 spiro atoms. The Morgan fingerprint density at radius 3 is 2.62 bits per heavy atom. The van der Waals surface area contributed by atoms with Crippen molar-refractivity contribution in [2.45, 2.75) is 24.5 Å². The third-order valence-corrected chi connectivity index (χ3v) is 5.55. The summed E-state index contributed by atoms with van der Waals surface area (Å²) < 4.78 is 29.1. The van der Waals surface area contributed by atoms with Crippen LogP contribution in [0.2, 0.25) is 0 Å². The lowest BCUT2D eigenvalue weighted by atomic mass is 10.2. The molecular formula is C14H20N2O4S. The minimum Gasteiger partial charge on any atom is -0.492 e. The molecule has 0 saturated carbocycles. The molecule has 1 saturated heterocycles. The zero-order valence-corrected chi connectivity index (χ0v) is 12.6. The minimum absolute atomic E-state index is 0.0942. The average molecular weight is 312 g/mol. The van der Waals surface area contributed by atoms with Gasteiger partial charge in [0.05, 0.1) is 5.75 Å². The SMILES string of the molecule is NCCOc1ccc(NC(=O)C2CCCCS2(=O)=O)cc1. The number of carbonyl (C=O) groups excluding carboxylic acids is 1. The van der Waals surface area contributed by atoms with Gasteiger partial charge in [-0.1, -0.05) is 6.42 Å². The molecule has 6 nitrogen and oxygen atoms in total. The number of nitrogens with one attached hydrogen (secondary N) is 1. The van der Waals surface area contributed by atoms with E-state index in [4.69, 9.17) is 10.5 Å². The van der Waals surface area contributed by atoms with Crippen molar-refractivity contribution in [1.82, 2.24) is 0 Å². The maximum Gasteiger partial charge on any atom is 0.242 e. The Labute approximate surface area is 124 Å². The summed E-state index contributed by atoms with van der Waals surface area (Å²) in [7, 11) is -3.31. The normalized spacial score (nSPS) is 20.7. The molecule has 0 aliphatic carbocycles. The van der Waals surface area contributed by atoms with Crippen LogP contribution in [0.4, 0.5) is 5.69 Å². The predicted octanol–water partition coefficient (Wildman–Crippen LogP) is 0.930. The smallest absolute Gasteiger partial charge is 0.242 e. The highest BCUT2D eigenvalue weighted by Crippen LogP contribution is 2.22. The Balaban J connectivity index is 1.99. The van der Waals surface area contributed by atoms with E-state index in [1.807, 2.05) is 0 Å². The molecule has 2 rings (SSSR count). The molecule has 21 heavy (non-hydrogen) atoms. The summed E-state index contributed by atoms with van der Waals surface area (Å²) in [6, 6.07) is 6.78. The number of hydrogen-bond donors (Lipinski definition) is 2. The monoisotopic (exact) mass is 312 g/mol. The molecule has 0 radical (unpaired) electrons. The standard InChI is InChI=1S/C14H20N2O4S/c15-8-9-20-12-6-4-11(5-7-12)16-14(17)13-3-1-2-10-21(13,18)19/h4-7,13H,1-3,8-10,15H2,(H,16,17). The second-order valence-electron chi connectivity index (χ2n) is 5.00. The van der Waals surface area contributed by atoms with E-state index >= 15 is 0 Å². The molecule has 1 aromatic rings. The molecule has 3 N–H and O–H groups in total. The predicted molar refractivity (Wildman–Crippen MR) is 81.0 cm³/mol. The van der Waals surface area contributed by atoms with Crippen LogP contribution in [0.5, 0.6) is 5.75 Å². The van der Waals surface area contributed by atoms with Gasteiger partial charge in [-0.15, -0.1) is 0 Å². The van der Waals surface area contributed by atoms with E-state index in [0.29, 0.717) is 37.4 Å². The molecule has 7 heteroatoms. The van der Waals surface area contributed by atoms with E-state index in [1.54, 1.807) is 24.3 Å². The number of benzene rings is 1. The van der Waals surface area contributed by atoms with Crippen LogP contribution in [-0.4, -0.2) is 38.5 Å². The second kappa shape index (κ2) is 6.91. The maximum absolute atomic E-state index is 12.1. The third-order valence-electron chi connectivity index (χ3n) is 3.38. The molecule has 0 bridgehead atoms. The highest BCUT2D eigenvalue weighted by molar-refractivity contribution is 7.92. The van der Waals surface area contributed by atoms with Crippen LogP contribution in [0.25, 0.3) is 0 Å². The Hall–Kier alpha value is -1.60. The zero-order valence-electron chi connectivity index (χ0n) is 11.7. The van der Waals surface area contributed by atoms with Crippen LogP contribution >= 0.6 is 0 Å². The Morgan fingerprint density at radius 1 is 1.29 bits per heavy atom. The van der Waals surface area contributed by atoms with Crippen molar-refractivity contribution in [3.63, 3.8) is 0 Å². The lowest BCUT2D eigenvalue weighted by Crippen LogP contribution is -2.39. The first-order chi connectivity index (χ1) is 10.0. The van der Waals surface area contributed by atoms with Crippen LogP contribution in [-0.2, 0) is 14.6 Å². The number of hydrogen-bond acceptors (Lipinski definition) is 5. The lowest BCUT2D eigenvalue weighted by molar-refractivity contribution is -0.116. The van der Waals surface area contributed by atoms with E-state index in [9.17, 15) is 13.2 Å². The van der Waals surface area contributed by atoms with E-state index in [0.717, 1.165) is 6.42 Å². The lowest BCUT2D eigenvalue weighted by Gasteiger charge is -2.21. The minimum atomic E-state index is -3.31. The topological polar surface area (TPSA) is 98.5 Å². The Bertz CT molecular complexity index is 583. The number of sulfone groups is 1. The summed E-state index contributed by atoms with van der Waals surface area (Å²) in [6.07, 6.45) is 1.80. The van der Waals surface area contributed by atoms with Gasteiger partial charge < -0.3 is 15.8 Å². The van der Waals surface area contributed by atoms with Gasteiger partial charge in [0.1, 0.15) is 17.6 Å². The van der Waals surface area contributed by atoms with Gasteiger partial charge in [0.25, 0.3) is 0 Å². The number of amides is 1. The summed E-state index contributed by atoms with van der Waals surface area (Å²) in [5.41, 5.74) is 5.90. The fourth-order valence-electron chi connectivity index (χ4n) is 2.28. The summed E-state index contributed by atoms with van der Waals surface area (Å²) in [5.74, 6) is 0.297. The molecule has 1 aromatic carbocycles. The van der Waals surface area contributed by atoms with E-state index in [1.165, 1.54) is 0 Å². The van der Waals surface area contributed by atoms with E-state index in [-0.39, 0.29) is 5.75 Å². The fraction of sp³-hybridized carbons (Fsp3) is 0.500. The van der Waals surface area contributed by atoms with Crippen molar-refractivity contribution >= 4 is 21.4 Å². The van der Waals surface area contributed by atoms with Gasteiger partial charge in [0, 0.05) is 12.2 Å². The molecule has 1 aliphatic rings. The zero-order chi connectivity index (χ0) is 15.3. The third kappa shape index (κ3) is 4.18. The first-order valence-electron chi connectivity index (χ1n) is 6.98. The Morgan fingerprint density at radius 2 is 2.00 bits per heavy atom. The summed E-state index contributed by atoms with van der Waals surface area (Å²) in [4.78, 5) is 12.1. The highest BCUT2D eigenvalue weighted by Gasteiger charge is 2.34. The van der Waals surface area contributed by atoms with Gasteiger partial charge in [-0.05, 0) is 37.1 Å². The summed E-state index contributed by atoms with van der Waals surface area (Å²) in [6.45, 7) is 0.851. The Kier molecular flexibility index (Phi) is 5.19. The van der Waals surface area contributed by atoms with Crippen LogP contribution in [0.1, 0.15) is 19.3 Å². The molecule has 1 unspecified atom stereocenters. The van der Waals surface area contributed by atoms with Crippen LogP contribution in [0, 0.1) is 0 Å². The number of ether oxygens (including phenoxy) is 1. The van der Waals surface area contributed by atoms with Gasteiger partial charge in [-0.25, -0.2) is 8.42 Å². The van der Waals surface area contributed by atoms with E-state index < -0.39 is 21.0 Å². The molecule has 1 fully saturated rings. The van der Waals surface area contributed by atoms with Gasteiger partial charge in [-0.3, -0.25) is 4.79 Å². The summed E-state index contributed by atoms with van der Waals surface area (Å²) in [5, 5.41) is 1.72. The van der Waals surface area contributed by atoms with Gasteiger partial charge >= 0.3 is 0 Å². The molecule has 116 valence electrons. The van der Waals surface area contributed by atoms with Gasteiger partial charge in [-0.2, -0.15) is 0 Å². The van der Waals surface area contributed by atoms with Gasteiger partial charge in [0.2, 0.25) is 5.91 Å². The van der Waals surface area contributed by atoms with Crippen LogP contribution in [0.15, 0.2) is 24.3 Å². The van der Waals surface area contributed by atoms with Crippen molar-refractivity contribution in [3.05, 3.63) is 24.3 Å². The number of nitrogens with two attached hydrogens (primary N) is 1. The second-order valence-corrected chi connectivity index (χ2v) is 7.31. The largest absolute Gasteiger partial charge is 0.492 e. The van der Waals surface area contributed by atoms with Crippen molar-refractivity contribution in [1.29, 1.82) is 0 Å². The first kappa shape index (κ1) is 15.8. The first-order valence-corrected chi connectivity index (χ1v) is 8.70. The molecule has 1 heterocycles. The van der Waals surface area contributed by atoms with Crippen molar-refractivity contribution in [2.75, 3.05) is 24.2 Å². The van der Waals surface area contributed by atoms with Crippen LogP contribution in [0.3, 0.4) is 0 Å². The molecule has 0 aromatic heterocycles. The van der Waals surface area contributed by atoms with Gasteiger partial charge in [0.15, 0.2) is 9.84 Å². The fourth-order valence-corrected chi connectivity index (χ4v) is 4.08. The average Bonchev–Trinajstić information content (AvgIpc) is 2.46. The maximum atomic E-state index is 12.1.